The van der Waals surface area contributed by atoms with E-state index in [9.17, 15) is 4.79 Å². The standard InChI is InChI=1S/C18H20Cl2N2O3/c1-11(13-4-5-16(19)17(20)8-13)22-18(23)21-10-12-6-14(24-2)9-15(7-12)25-3/h4-9,11H,10H2,1-3H3,(H2,21,22,23). The van der Waals surface area contributed by atoms with Crippen molar-refractivity contribution in [2.24, 2.45) is 0 Å². The van der Waals surface area contributed by atoms with Crippen molar-refractivity contribution >= 4 is 29.2 Å². The summed E-state index contributed by atoms with van der Waals surface area (Å²) in [6, 6.07) is 10.2. The zero-order valence-corrected chi connectivity index (χ0v) is 15.7. The molecule has 0 spiro atoms. The molecule has 0 fully saturated rings. The van der Waals surface area contributed by atoms with E-state index in [1.54, 1.807) is 32.4 Å². The van der Waals surface area contributed by atoms with E-state index in [0.717, 1.165) is 11.1 Å². The Morgan fingerprint density at radius 1 is 1.04 bits per heavy atom. The quantitative estimate of drug-likeness (QED) is 0.768. The predicted molar refractivity (Wildman–Crippen MR) is 99.8 cm³/mol. The Kier molecular flexibility index (Phi) is 6.79. The molecular weight excluding hydrogens is 363 g/mol. The number of benzene rings is 2. The van der Waals surface area contributed by atoms with Gasteiger partial charge in [0.05, 0.1) is 30.3 Å². The lowest BCUT2D eigenvalue weighted by atomic mass is 10.1. The molecule has 2 aromatic rings. The molecular formula is C18H20Cl2N2O3. The fraction of sp³-hybridized carbons (Fsp3) is 0.278. The van der Waals surface area contributed by atoms with Gasteiger partial charge in [-0.15, -0.1) is 0 Å². The highest BCUT2D eigenvalue weighted by Crippen LogP contribution is 2.25. The van der Waals surface area contributed by atoms with E-state index in [2.05, 4.69) is 10.6 Å². The van der Waals surface area contributed by atoms with Crippen molar-refractivity contribution in [2.45, 2.75) is 19.5 Å². The molecule has 2 aromatic carbocycles. The summed E-state index contributed by atoms with van der Waals surface area (Å²) < 4.78 is 10.4. The molecule has 1 atom stereocenters. The van der Waals surface area contributed by atoms with Crippen LogP contribution < -0.4 is 20.1 Å². The van der Waals surface area contributed by atoms with E-state index in [1.807, 2.05) is 25.1 Å². The van der Waals surface area contributed by atoms with Crippen LogP contribution in [-0.2, 0) is 6.54 Å². The van der Waals surface area contributed by atoms with Gasteiger partial charge in [0.25, 0.3) is 0 Å². The Bertz CT molecular complexity index is 731. The third-order valence-electron chi connectivity index (χ3n) is 3.66. The molecule has 0 heterocycles. The molecule has 0 aromatic heterocycles. The Labute approximate surface area is 157 Å². The van der Waals surface area contributed by atoms with Gasteiger partial charge in [0, 0.05) is 12.6 Å². The maximum Gasteiger partial charge on any atom is 0.315 e. The van der Waals surface area contributed by atoms with Gasteiger partial charge >= 0.3 is 6.03 Å². The number of carbonyl (C=O) groups is 1. The van der Waals surface area contributed by atoms with Gasteiger partial charge in [0.2, 0.25) is 0 Å². The first-order valence-electron chi connectivity index (χ1n) is 7.64. The third kappa shape index (κ3) is 5.44. The lowest BCUT2D eigenvalue weighted by Gasteiger charge is -2.16. The van der Waals surface area contributed by atoms with Crippen molar-refractivity contribution < 1.29 is 14.3 Å². The molecule has 0 aliphatic rings. The summed E-state index contributed by atoms with van der Waals surface area (Å²) in [7, 11) is 3.16. The second kappa shape index (κ2) is 8.83. The number of methoxy groups -OCH3 is 2. The Morgan fingerprint density at radius 3 is 2.24 bits per heavy atom. The van der Waals surface area contributed by atoms with E-state index < -0.39 is 0 Å². The number of carbonyl (C=O) groups excluding carboxylic acids is 1. The minimum absolute atomic E-state index is 0.213. The van der Waals surface area contributed by atoms with E-state index in [4.69, 9.17) is 32.7 Å². The molecule has 0 aliphatic heterocycles. The van der Waals surface area contributed by atoms with Gasteiger partial charge in [0.15, 0.2) is 0 Å². The van der Waals surface area contributed by atoms with Crippen molar-refractivity contribution in [2.75, 3.05) is 14.2 Å². The van der Waals surface area contributed by atoms with E-state index >= 15 is 0 Å². The molecule has 0 aliphatic carbocycles. The second-order valence-electron chi connectivity index (χ2n) is 5.44. The summed E-state index contributed by atoms with van der Waals surface area (Å²) in [6.07, 6.45) is 0. The van der Waals surface area contributed by atoms with Crippen LogP contribution in [0.2, 0.25) is 10.0 Å². The van der Waals surface area contributed by atoms with Gasteiger partial charge in [-0.05, 0) is 42.3 Å². The molecule has 25 heavy (non-hydrogen) atoms. The summed E-state index contributed by atoms with van der Waals surface area (Å²) in [5, 5.41) is 6.60. The Balaban J connectivity index is 1.95. The van der Waals surface area contributed by atoms with Crippen molar-refractivity contribution in [3.05, 3.63) is 57.6 Å². The summed E-state index contributed by atoms with van der Waals surface area (Å²) in [4.78, 5) is 12.1. The van der Waals surface area contributed by atoms with Gasteiger partial charge in [-0.3, -0.25) is 0 Å². The number of nitrogens with one attached hydrogen (secondary N) is 2. The lowest BCUT2D eigenvalue weighted by Crippen LogP contribution is -2.36. The van der Waals surface area contributed by atoms with Crippen LogP contribution in [-0.4, -0.2) is 20.3 Å². The minimum atomic E-state index is -0.291. The number of hydrogen-bond acceptors (Lipinski definition) is 3. The molecule has 1 unspecified atom stereocenters. The first-order valence-corrected chi connectivity index (χ1v) is 8.39. The van der Waals surface area contributed by atoms with E-state index in [1.165, 1.54) is 0 Å². The van der Waals surface area contributed by atoms with Crippen LogP contribution in [0.15, 0.2) is 36.4 Å². The molecule has 7 heteroatoms. The zero-order valence-electron chi connectivity index (χ0n) is 14.2. The highest BCUT2D eigenvalue weighted by Gasteiger charge is 2.11. The molecule has 2 rings (SSSR count). The van der Waals surface area contributed by atoms with Crippen LogP contribution in [0.3, 0.4) is 0 Å². The van der Waals surface area contributed by atoms with Crippen LogP contribution in [0.25, 0.3) is 0 Å². The van der Waals surface area contributed by atoms with Crippen LogP contribution in [0.1, 0.15) is 24.1 Å². The fourth-order valence-electron chi connectivity index (χ4n) is 2.26. The monoisotopic (exact) mass is 382 g/mol. The topological polar surface area (TPSA) is 59.6 Å². The highest BCUT2D eigenvalue weighted by molar-refractivity contribution is 6.42. The third-order valence-corrected chi connectivity index (χ3v) is 4.39. The maximum absolute atomic E-state index is 12.1. The smallest absolute Gasteiger partial charge is 0.315 e. The average Bonchev–Trinajstić information content (AvgIpc) is 2.61. The molecule has 5 nitrogen and oxygen atoms in total. The van der Waals surface area contributed by atoms with Crippen LogP contribution in [0.5, 0.6) is 11.5 Å². The maximum atomic E-state index is 12.1. The van der Waals surface area contributed by atoms with Crippen molar-refractivity contribution in [3.63, 3.8) is 0 Å². The molecule has 2 amide bonds. The molecule has 134 valence electrons. The molecule has 0 radical (unpaired) electrons. The van der Waals surface area contributed by atoms with Gasteiger partial charge in [-0.25, -0.2) is 4.79 Å². The number of ether oxygens (including phenoxy) is 2. The van der Waals surface area contributed by atoms with Crippen LogP contribution >= 0.6 is 23.2 Å². The number of halogens is 2. The molecule has 0 bridgehead atoms. The van der Waals surface area contributed by atoms with Crippen molar-refractivity contribution in [1.82, 2.24) is 10.6 Å². The Hall–Kier alpha value is -2.11. The minimum Gasteiger partial charge on any atom is -0.497 e. The molecule has 0 saturated carbocycles. The SMILES string of the molecule is COc1cc(CNC(=O)NC(C)c2ccc(Cl)c(Cl)c2)cc(OC)c1. The van der Waals surface area contributed by atoms with Crippen LogP contribution in [0, 0.1) is 0 Å². The molecule has 0 saturated heterocycles. The Morgan fingerprint density at radius 2 is 1.68 bits per heavy atom. The zero-order chi connectivity index (χ0) is 18.4. The van der Waals surface area contributed by atoms with E-state index in [-0.39, 0.29) is 12.1 Å². The average molecular weight is 383 g/mol. The van der Waals surface area contributed by atoms with Gasteiger partial charge in [-0.1, -0.05) is 29.3 Å². The first kappa shape index (κ1) is 19.2. The lowest BCUT2D eigenvalue weighted by molar-refractivity contribution is 0.237. The summed E-state index contributed by atoms with van der Waals surface area (Å²) >= 11 is 11.9. The number of urea groups is 1. The van der Waals surface area contributed by atoms with Gasteiger partial charge in [-0.2, -0.15) is 0 Å². The fourth-order valence-corrected chi connectivity index (χ4v) is 2.57. The van der Waals surface area contributed by atoms with Crippen molar-refractivity contribution in [3.8, 4) is 11.5 Å². The van der Waals surface area contributed by atoms with Gasteiger partial charge < -0.3 is 20.1 Å². The normalized spacial score (nSPS) is 11.6. The number of hydrogen-bond donors (Lipinski definition) is 2. The predicted octanol–water partition coefficient (Wildman–Crippen LogP) is 4.57. The summed E-state index contributed by atoms with van der Waals surface area (Å²) in [5.74, 6) is 1.33. The number of amides is 2. The number of rotatable bonds is 6. The largest absolute Gasteiger partial charge is 0.497 e. The molecule has 2 N–H and O–H groups in total. The first-order chi connectivity index (χ1) is 11.9. The van der Waals surface area contributed by atoms with Gasteiger partial charge in [0.1, 0.15) is 11.5 Å². The van der Waals surface area contributed by atoms with E-state index in [0.29, 0.717) is 28.1 Å². The summed E-state index contributed by atoms with van der Waals surface area (Å²) in [5.41, 5.74) is 1.74. The second-order valence-corrected chi connectivity index (χ2v) is 6.26. The van der Waals surface area contributed by atoms with Crippen LogP contribution in [0.4, 0.5) is 4.79 Å². The summed E-state index contributed by atoms with van der Waals surface area (Å²) in [6.45, 7) is 2.21. The van der Waals surface area contributed by atoms with Crippen molar-refractivity contribution in [1.29, 1.82) is 0 Å². The highest BCUT2D eigenvalue weighted by atomic mass is 35.5.